The average molecular weight is 607 g/mol. The van der Waals surface area contributed by atoms with Gasteiger partial charge in [0.05, 0.1) is 0 Å². The molecule has 0 saturated heterocycles. The molecule has 226 valence electrons. The molecule has 0 saturated carbocycles. The van der Waals surface area contributed by atoms with E-state index in [1.54, 1.807) is 20.8 Å². The highest BCUT2D eigenvalue weighted by Gasteiger charge is 2.23. The van der Waals surface area contributed by atoms with E-state index in [2.05, 4.69) is 109 Å². The van der Waals surface area contributed by atoms with E-state index >= 15 is 0 Å². The largest absolute Gasteiger partial charge is 0.490 e. The van der Waals surface area contributed by atoms with E-state index in [1.807, 2.05) is 48.5 Å². The van der Waals surface area contributed by atoms with E-state index in [1.165, 1.54) is 0 Å². The van der Waals surface area contributed by atoms with E-state index in [0.29, 0.717) is 18.0 Å². The maximum atomic E-state index is 12.0. The molecule has 6 nitrogen and oxygen atoms in total. The number of benzene rings is 2. The summed E-state index contributed by atoms with van der Waals surface area (Å²) in [6.45, 7) is 10.3. The van der Waals surface area contributed by atoms with Crippen molar-refractivity contribution < 1.29 is 28.5 Å². The maximum absolute atomic E-state index is 12.0. The minimum Gasteiger partial charge on any atom is -0.490 e. The lowest BCUT2D eigenvalue weighted by molar-refractivity contribution is -0.142. The van der Waals surface area contributed by atoms with E-state index in [0.717, 1.165) is 11.1 Å². The van der Waals surface area contributed by atoms with Gasteiger partial charge in [0.1, 0.15) is 36.9 Å². The summed E-state index contributed by atoms with van der Waals surface area (Å²) in [5.74, 6) is 40.4. The van der Waals surface area contributed by atoms with E-state index in [4.69, 9.17) is 18.9 Å². The summed E-state index contributed by atoms with van der Waals surface area (Å²) >= 11 is 0. The predicted octanol–water partition coefficient (Wildman–Crippen LogP) is 4.31. The second-order valence-corrected chi connectivity index (χ2v) is 9.68. The first-order valence-corrected chi connectivity index (χ1v) is 14.0. The zero-order valence-electron chi connectivity index (χ0n) is 26.2. The van der Waals surface area contributed by atoms with Crippen LogP contribution in [0.1, 0.15) is 45.7 Å². The fraction of sp³-hybridized carbons (Fsp3) is 0.250. The average Bonchev–Trinajstić information content (AvgIpc) is 3.05. The third-order valence-corrected chi connectivity index (χ3v) is 5.82. The first-order chi connectivity index (χ1) is 22.3. The Bertz CT molecular complexity index is 1870. The summed E-state index contributed by atoms with van der Waals surface area (Å²) < 4.78 is 21.6. The van der Waals surface area contributed by atoms with Crippen molar-refractivity contribution in [3.8, 4) is 106 Å². The van der Waals surface area contributed by atoms with Gasteiger partial charge >= 0.3 is 5.97 Å². The smallest absolute Gasteiger partial charge is 0.385 e. The Labute approximate surface area is 271 Å². The number of carbonyl (C=O) groups excluding carboxylic acids is 2. The van der Waals surface area contributed by atoms with Crippen molar-refractivity contribution in [1.29, 1.82) is 0 Å². The van der Waals surface area contributed by atoms with Gasteiger partial charge in [-0.3, -0.25) is 4.79 Å². The molecule has 6 heteroatoms. The molecule has 2 atom stereocenters. The summed E-state index contributed by atoms with van der Waals surface area (Å²) in [5, 5.41) is 0. The van der Waals surface area contributed by atoms with Crippen LogP contribution in [0.5, 0.6) is 11.5 Å². The Kier molecular flexibility index (Phi) is 15.8. The Morgan fingerprint density at radius 3 is 1.46 bits per heavy atom. The zero-order chi connectivity index (χ0) is 33.5. The van der Waals surface area contributed by atoms with Gasteiger partial charge in [0.2, 0.25) is 0 Å². The lowest BCUT2D eigenvalue weighted by Gasteiger charge is -2.26. The quantitative estimate of drug-likeness (QED) is 0.164. The van der Waals surface area contributed by atoms with E-state index < -0.39 is 12.1 Å². The molecule has 0 aliphatic rings. The minimum atomic E-state index is -0.724. The second kappa shape index (κ2) is 20.4. The molecule has 0 aliphatic heterocycles. The van der Waals surface area contributed by atoms with Gasteiger partial charge in [0.15, 0.2) is 0 Å². The molecule has 0 amide bonds. The standard InChI is InChI=1S/C40H30O6/c1-6-7-8-9-10-11-12-13-14-15-16-17-18-19-20-21-39(42)46-34(3)31-44-38-28-24-36(25-29-38)40(4,5)35-22-26-37(27-23-35)43-30-33(2)45-32-41/h22-29,32-34H,30-31H2,1-5H3. The van der Waals surface area contributed by atoms with Crippen LogP contribution in [-0.4, -0.2) is 37.9 Å². The molecule has 0 radical (unpaired) electrons. The topological polar surface area (TPSA) is 71.1 Å². The molecular weight excluding hydrogens is 576 g/mol. The molecule has 2 rings (SSSR count). The monoisotopic (exact) mass is 606 g/mol. The van der Waals surface area contributed by atoms with Crippen LogP contribution in [0.4, 0.5) is 0 Å². The number of carbonyl (C=O) groups is 2. The van der Waals surface area contributed by atoms with Crippen LogP contribution in [0, 0.1) is 94.7 Å². The number of esters is 1. The molecule has 2 aromatic rings. The number of hydrogen-bond donors (Lipinski definition) is 0. The first-order valence-electron chi connectivity index (χ1n) is 14.0. The van der Waals surface area contributed by atoms with Gasteiger partial charge in [-0.2, -0.15) is 0 Å². The number of ether oxygens (including phenoxy) is 4. The zero-order valence-corrected chi connectivity index (χ0v) is 26.2. The van der Waals surface area contributed by atoms with Crippen molar-refractivity contribution in [2.24, 2.45) is 0 Å². The van der Waals surface area contributed by atoms with Crippen LogP contribution in [0.25, 0.3) is 0 Å². The van der Waals surface area contributed by atoms with Crippen molar-refractivity contribution in [2.75, 3.05) is 13.2 Å². The van der Waals surface area contributed by atoms with Crippen molar-refractivity contribution in [3.05, 3.63) is 59.7 Å². The normalized spacial score (nSPS) is 9.93. The van der Waals surface area contributed by atoms with Gasteiger partial charge in [-0.25, -0.2) is 4.79 Å². The Balaban J connectivity index is 1.80. The van der Waals surface area contributed by atoms with Crippen molar-refractivity contribution in [1.82, 2.24) is 0 Å². The lowest BCUT2D eigenvalue weighted by Crippen LogP contribution is -2.21. The molecule has 0 aromatic heterocycles. The molecule has 2 unspecified atom stereocenters. The van der Waals surface area contributed by atoms with Gasteiger partial charge in [-0.1, -0.05) is 44.0 Å². The highest BCUT2D eigenvalue weighted by Crippen LogP contribution is 2.33. The lowest BCUT2D eigenvalue weighted by atomic mass is 9.78. The highest BCUT2D eigenvalue weighted by atomic mass is 16.6. The summed E-state index contributed by atoms with van der Waals surface area (Å²) in [6, 6.07) is 15.6. The molecule has 46 heavy (non-hydrogen) atoms. The Morgan fingerprint density at radius 2 is 1.04 bits per heavy atom. The fourth-order valence-electron chi connectivity index (χ4n) is 3.43. The molecule has 0 bridgehead atoms. The summed E-state index contributed by atoms with van der Waals surface area (Å²) in [5.41, 5.74) is 1.91. The molecule has 0 spiro atoms. The van der Waals surface area contributed by atoms with E-state index in [9.17, 15) is 9.59 Å². The summed E-state index contributed by atoms with van der Waals surface area (Å²) in [7, 11) is 0. The fourth-order valence-corrected chi connectivity index (χ4v) is 3.43. The van der Waals surface area contributed by atoms with Crippen LogP contribution in [0.15, 0.2) is 48.5 Å². The summed E-state index contributed by atoms with van der Waals surface area (Å²) in [6.07, 6.45) is -0.855. The number of hydrogen-bond acceptors (Lipinski definition) is 6. The molecule has 0 fully saturated rings. The van der Waals surface area contributed by atoms with Gasteiger partial charge in [0, 0.05) is 11.3 Å². The van der Waals surface area contributed by atoms with E-state index in [-0.39, 0.29) is 24.7 Å². The third-order valence-electron chi connectivity index (χ3n) is 5.82. The van der Waals surface area contributed by atoms with Gasteiger partial charge in [-0.15, -0.1) is 0 Å². The molecule has 0 N–H and O–H groups in total. The SMILES string of the molecule is CC#CC#CC#CC#CC#CC#CC#CC#CC(=O)OC(C)COc1ccc(C(C)(C)c2ccc(OCC(C)OC=O)cc2)cc1. The van der Waals surface area contributed by atoms with Crippen LogP contribution in [0.3, 0.4) is 0 Å². The van der Waals surface area contributed by atoms with Crippen molar-refractivity contribution in [2.45, 2.75) is 52.2 Å². The second-order valence-electron chi connectivity index (χ2n) is 9.68. The van der Waals surface area contributed by atoms with Gasteiger partial charge < -0.3 is 18.9 Å². The summed E-state index contributed by atoms with van der Waals surface area (Å²) in [4.78, 5) is 22.4. The Morgan fingerprint density at radius 1 is 0.652 bits per heavy atom. The van der Waals surface area contributed by atoms with Crippen molar-refractivity contribution >= 4 is 12.4 Å². The third kappa shape index (κ3) is 14.1. The maximum Gasteiger partial charge on any atom is 0.385 e. The number of rotatable bonds is 11. The van der Waals surface area contributed by atoms with Crippen LogP contribution in [-0.2, 0) is 24.5 Å². The van der Waals surface area contributed by atoms with Gasteiger partial charge in [0.25, 0.3) is 6.47 Å². The van der Waals surface area contributed by atoms with Crippen LogP contribution < -0.4 is 9.47 Å². The molecular formula is C40H30O6. The molecule has 0 aliphatic carbocycles. The minimum absolute atomic E-state index is 0.152. The van der Waals surface area contributed by atoms with Crippen LogP contribution >= 0.6 is 0 Å². The Hall–Kier alpha value is -6.54. The predicted molar refractivity (Wildman–Crippen MR) is 176 cm³/mol. The molecule has 0 heterocycles. The first kappa shape index (κ1) is 35.7. The highest BCUT2D eigenvalue weighted by molar-refractivity contribution is 5.89. The molecule has 2 aromatic carbocycles. The van der Waals surface area contributed by atoms with Crippen LogP contribution in [0.2, 0.25) is 0 Å². The van der Waals surface area contributed by atoms with Gasteiger partial charge in [-0.05, 0) is 139 Å². The van der Waals surface area contributed by atoms with Crippen molar-refractivity contribution in [3.63, 3.8) is 0 Å².